The fourth-order valence-electron chi connectivity index (χ4n) is 1.22. The lowest BCUT2D eigenvalue weighted by molar-refractivity contribution is 0.112. The summed E-state index contributed by atoms with van der Waals surface area (Å²) in [5.41, 5.74) is 2.14. The highest BCUT2D eigenvalue weighted by atomic mass is 19.1. The van der Waals surface area contributed by atoms with Crippen LogP contribution in [0.4, 0.5) is 4.39 Å². The highest BCUT2D eigenvalue weighted by molar-refractivity contribution is 5.75. The molecule has 0 saturated heterocycles. The number of carbonyl (C=O) groups is 1. The third-order valence-corrected chi connectivity index (χ3v) is 1.99. The molecular weight excluding hydrogens is 167 g/mol. The van der Waals surface area contributed by atoms with Crippen LogP contribution >= 0.6 is 0 Å². The van der Waals surface area contributed by atoms with Crippen LogP contribution in [-0.2, 0) is 6.67 Å². The van der Waals surface area contributed by atoms with Gasteiger partial charge in [0.05, 0.1) is 0 Å². The maximum atomic E-state index is 12.4. The lowest BCUT2D eigenvalue weighted by Crippen LogP contribution is -1.93. The van der Waals surface area contributed by atoms with E-state index < -0.39 is 6.67 Å². The molecule has 0 aliphatic carbocycles. The van der Waals surface area contributed by atoms with E-state index >= 15 is 0 Å². The van der Waals surface area contributed by atoms with E-state index in [0.29, 0.717) is 17.0 Å². The summed E-state index contributed by atoms with van der Waals surface area (Å²) in [4.78, 5) is 10.5. The number of alkyl halides is 1. The van der Waals surface area contributed by atoms with Crippen LogP contribution in [0.1, 0.15) is 41.3 Å². The summed E-state index contributed by atoms with van der Waals surface area (Å²) in [6, 6.07) is 5.19. The Kier molecular flexibility index (Phi) is 3.18. The normalized spacial score (nSPS) is 10.5. The van der Waals surface area contributed by atoms with Gasteiger partial charge in [-0.2, -0.15) is 0 Å². The van der Waals surface area contributed by atoms with Gasteiger partial charge < -0.3 is 0 Å². The highest BCUT2D eigenvalue weighted by Crippen LogP contribution is 2.18. The van der Waals surface area contributed by atoms with Crippen molar-refractivity contribution in [1.82, 2.24) is 0 Å². The Balaban J connectivity index is 3.14. The minimum atomic E-state index is -0.512. The largest absolute Gasteiger partial charge is 0.298 e. The fraction of sp³-hybridized carbons (Fsp3) is 0.364. The Labute approximate surface area is 77.6 Å². The van der Waals surface area contributed by atoms with Gasteiger partial charge in [-0.25, -0.2) is 4.39 Å². The van der Waals surface area contributed by atoms with E-state index in [1.807, 2.05) is 13.8 Å². The second-order valence-electron chi connectivity index (χ2n) is 3.41. The first-order valence-corrected chi connectivity index (χ1v) is 4.32. The molecule has 13 heavy (non-hydrogen) atoms. The van der Waals surface area contributed by atoms with E-state index in [2.05, 4.69) is 0 Å². The standard InChI is InChI=1S/C11H13FO/c1-8(2)11-4-9(6-12)3-10(5-11)7-13/h3-5,7-8H,6H2,1-2H3. The molecule has 0 fully saturated rings. The van der Waals surface area contributed by atoms with Gasteiger partial charge in [-0.05, 0) is 29.2 Å². The second kappa shape index (κ2) is 4.17. The second-order valence-corrected chi connectivity index (χ2v) is 3.41. The van der Waals surface area contributed by atoms with Crippen LogP contribution in [0, 0.1) is 0 Å². The number of hydrogen-bond donors (Lipinski definition) is 0. The molecule has 0 saturated carbocycles. The predicted molar refractivity (Wildman–Crippen MR) is 50.7 cm³/mol. The van der Waals surface area contributed by atoms with Crippen LogP contribution in [0.2, 0.25) is 0 Å². The molecule has 0 atom stereocenters. The number of hydrogen-bond acceptors (Lipinski definition) is 1. The van der Waals surface area contributed by atoms with Crippen molar-refractivity contribution in [1.29, 1.82) is 0 Å². The van der Waals surface area contributed by atoms with Crippen molar-refractivity contribution in [2.45, 2.75) is 26.4 Å². The van der Waals surface area contributed by atoms with E-state index in [9.17, 15) is 9.18 Å². The Bertz CT molecular complexity index is 305. The van der Waals surface area contributed by atoms with Crippen molar-refractivity contribution in [3.63, 3.8) is 0 Å². The zero-order valence-electron chi connectivity index (χ0n) is 7.88. The Morgan fingerprint density at radius 2 is 2.08 bits per heavy atom. The van der Waals surface area contributed by atoms with Gasteiger partial charge in [0.2, 0.25) is 0 Å². The summed E-state index contributed by atoms with van der Waals surface area (Å²) in [5, 5.41) is 0. The van der Waals surface area contributed by atoms with E-state index in [4.69, 9.17) is 0 Å². The van der Waals surface area contributed by atoms with E-state index in [0.717, 1.165) is 11.8 Å². The van der Waals surface area contributed by atoms with Crippen molar-refractivity contribution in [3.8, 4) is 0 Å². The number of rotatable bonds is 3. The number of aldehydes is 1. The molecule has 0 radical (unpaired) electrons. The molecule has 0 spiro atoms. The van der Waals surface area contributed by atoms with Crippen molar-refractivity contribution >= 4 is 6.29 Å². The SMILES string of the molecule is CC(C)c1cc(C=O)cc(CF)c1. The van der Waals surface area contributed by atoms with Crippen LogP contribution in [0.3, 0.4) is 0 Å². The lowest BCUT2D eigenvalue weighted by Gasteiger charge is -2.07. The summed E-state index contributed by atoms with van der Waals surface area (Å²) in [5.74, 6) is 0.324. The Morgan fingerprint density at radius 3 is 2.54 bits per heavy atom. The molecule has 1 aromatic rings. The minimum Gasteiger partial charge on any atom is -0.298 e. The van der Waals surface area contributed by atoms with Crippen LogP contribution in [0.5, 0.6) is 0 Å². The number of carbonyl (C=O) groups excluding carboxylic acids is 1. The third kappa shape index (κ3) is 2.38. The van der Waals surface area contributed by atoms with Crippen LogP contribution < -0.4 is 0 Å². The molecular formula is C11H13FO. The van der Waals surface area contributed by atoms with Gasteiger partial charge in [0.15, 0.2) is 0 Å². The van der Waals surface area contributed by atoms with Gasteiger partial charge in [-0.15, -0.1) is 0 Å². The van der Waals surface area contributed by atoms with Gasteiger partial charge in [0.1, 0.15) is 13.0 Å². The molecule has 0 N–H and O–H groups in total. The first kappa shape index (κ1) is 9.90. The Hall–Kier alpha value is -1.18. The van der Waals surface area contributed by atoms with Gasteiger partial charge in [-0.1, -0.05) is 19.9 Å². The van der Waals surface area contributed by atoms with Crippen molar-refractivity contribution in [2.75, 3.05) is 0 Å². The maximum Gasteiger partial charge on any atom is 0.150 e. The Morgan fingerprint density at radius 1 is 1.38 bits per heavy atom. The zero-order chi connectivity index (χ0) is 9.84. The molecule has 1 rings (SSSR count). The maximum absolute atomic E-state index is 12.4. The van der Waals surface area contributed by atoms with Gasteiger partial charge in [0, 0.05) is 5.56 Å². The van der Waals surface area contributed by atoms with Crippen molar-refractivity contribution in [2.24, 2.45) is 0 Å². The highest BCUT2D eigenvalue weighted by Gasteiger charge is 2.03. The molecule has 0 aliphatic heterocycles. The van der Waals surface area contributed by atoms with Crippen LogP contribution in [-0.4, -0.2) is 6.29 Å². The van der Waals surface area contributed by atoms with Gasteiger partial charge >= 0.3 is 0 Å². The molecule has 0 aliphatic rings. The molecule has 0 bridgehead atoms. The summed E-state index contributed by atoms with van der Waals surface area (Å²) >= 11 is 0. The molecule has 1 aromatic carbocycles. The van der Waals surface area contributed by atoms with Crippen molar-refractivity contribution < 1.29 is 9.18 Å². The van der Waals surface area contributed by atoms with E-state index in [1.165, 1.54) is 0 Å². The fourth-order valence-corrected chi connectivity index (χ4v) is 1.22. The molecule has 0 aromatic heterocycles. The smallest absolute Gasteiger partial charge is 0.150 e. The number of benzene rings is 1. The molecule has 2 heteroatoms. The molecule has 0 heterocycles. The quantitative estimate of drug-likeness (QED) is 0.653. The van der Waals surface area contributed by atoms with Crippen LogP contribution in [0.15, 0.2) is 18.2 Å². The van der Waals surface area contributed by atoms with Gasteiger partial charge in [0.25, 0.3) is 0 Å². The molecule has 0 amide bonds. The number of halogens is 1. The third-order valence-electron chi connectivity index (χ3n) is 1.99. The summed E-state index contributed by atoms with van der Waals surface area (Å²) in [6.45, 7) is 3.53. The van der Waals surface area contributed by atoms with Crippen LogP contribution in [0.25, 0.3) is 0 Å². The predicted octanol–water partition coefficient (Wildman–Crippen LogP) is 3.09. The molecule has 1 nitrogen and oxygen atoms in total. The minimum absolute atomic E-state index is 0.324. The first-order valence-electron chi connectivity index (χ1n) is 4.32. The summed E-state index contributed by atoms with van der Waals surface area (Å²) in [6.07, 6.45) is 0.755. The van der Waals surface area contributed by atoms with Crippen molar-refractivity contribution in [3.05, 3.63) is 34.9 Å². The van der Waals surface area contributed by atoms with Gasteiger partial charge in [-0.3, -0.25) is 4.79 Å². The molecule has 70 valence electrons. The summed E-state index contributed by atoms with van der Waals surface area (Å²) < 4.78 is 12.4. The lowest BCUT2D eigenvalue weighted by atomic mass is 9.98. The van der Waals surface area contributed by atoms with E-state index in [-0.39, 0.29) is 0 Å². The monoisotopic (exact) mass is 180 g/mol. The first-order chi connectivity index (χ1) is 6.17. The average Bonchev–Trinajstić information content (AvgIpc) is 2.16. The topological polar surface area (TPSA) is 17.1 Å². The zero-order valence-corrected chi connectivity index (χ0v) is 7.88. The average molecular weight is 180 g/mol. The van der Waals surface area contributed by atoms with E-state index in [1.54, 1.807) is 18.2 Å². The summed E-state index contributed by atoms with van der Waals surface area (Å²) in [7, 11) is 0. The molecule has 0 unspecified atom stereocenters.